The number of hydrogen-bond donors (Lipinski definition) is 2. The second kappa shape index (κ2) is 9.21. The maximum atomic E-state index is 13.9. The molecule has 0 atom stereocenters. The first-order chi connectivity index (χ1) is 14.4. The first-order valence-electron chi connectivity index (χ1n) is 9.66. The highest BCUT2D eigenvalue weighted by atomic mass is 19.1. The van der Waals surface area contributed by atoms with Crippen LogP contribution in [-0.2, 0) is 6.54 Å². The smallest absolute Gasteiger partial charge is 0.328 e. The number of H-pyrrole nitrogens is 1. The van der Waals surface area contributed by atoms with Crippen LogP contribution in [0.5, 0.6) is 0 Å². The van der Waals surface area contributed by atoms with Gasteiger partial charge in [-0.25, -0.2) is 9.18 Å². The van der Waals surface area contributed by atoms with Crippen LogP contribution < -0.4 is 21.5 Å². The molecule has 1 amide bonds. The van der Waals surface area contributed by atoms with Gasteiger partial charge in [-0.15, -0.1) is 0 Å². The maximum absolute atomic E-state index is 13.9. The lowest BCUT2D eigenvalue weighted by Gasteiger charge is -2.21. The minimum atomic E-state index is -0.792. The summed E-state index contributed by atoms with van der Waals surface area (Å²) in [5, 5.41) is 2.66. The van der Waals surface area contributed by atoms with E-state index in [9.17, 15) is 18.8 Å². The van der Waals surface area contributed by atoms with E-state index >= 15 is 0 Å². The van der Waals surface area contributed by atoms with Gasteiger partial charge in [0, 0.05) is 36.2 Å². The van der Waals surface area contributed by atoms with E-state index in [1.54, 1.807) is 18.2 Å². The van der Waals surface area contributed by atoms with Crippen LogP contribution in [0.25, 0.3) is 0 Å². The lowest BCUT2D eigenvalue weighted by Crippen LogP contribution is -2.39. The molecule has 156 valence electrons. The van der Waals surface area contributed by atoms with E-state index in [-0.39, 0.29) is 17.7 Å². The Morgan fingerprint density at radius 2 is 1.73 bits per heavy atom. The van der Waals surface area contributed by atoms with Crippen LogP contribution in [0.4, 0.5) is 15.8 Å². The van der Waals surface area contributed by atoms with E-state index in [2.05, 4.69) is 29.0 Å². The zero-order chi connectivity index (χ0) is 21.7. The summed E-state index contributed by atoms with van der Waals surface area (Å²) in [6.45, 7) is 5.56. The van der Waals surface area contributed by atoms with Crippen molar-refractivity contribution in [1.82, 2.24) is 9.55 Å². The van der Waals surface area contributed by atoms with Crippen molar-refractivity contribution in [3.63, 3.8) is 0 Å². The van der Waals surface area contributed by atoms with Gasteiger partial charge in [0.1, 0.15) is 11.4 Å². The van der Waals surface area contributed by atoms with Gasteiger partial charge in [0.15, 0.2) is 0 Å². The van der Waals surface area contributed by atoms with Gasteiger partial charge in [-0.2, -0.15) is 0 Å². The lowest BCUT2D eigenvalue weighted by molar-refractivity contribution is 0.102. The Balaban J connectivity index is 1.84. The first-order valence-corrected chi connectivity index (χ1v) is 9.66. The number of nitrogens with zero attached hydrogens (tertiary/aromatic N) is 2. The normalized spacial score (nSPS) is 10.6. The van der Waals surface area contributed by atoms with Crippen LogP contribution in [-0.4, -0.2) is 28.5 Å². The van der Waals surface area contributed by atoms with Crippen molar-refractivity contribution in [2.24, 2.45) is 0 Å². The second-order valence-corrected chi connectivity index (χ2v) is 6.66. The highest BCUT2D eigenvalue weighted by molar-refractivity contribution is 6.03. The Hall–Kier alpha value is -3.68. The molecule has 0 unspecified atom stereocenters. The van der Waals surface area contributed by atoms with E-state index in [0.29, 0.717) is 5.69 Å². The van der Waals surface area contributed by atoms with Gasteiger partial charge in [0.05, 0.1) is 6.54 Å². The summed E-state index contributed by atoms with van der Waals surface area (Å²) in [5.41, 5.74) is -0.0347. The number of hydrogen-bond acceptors (Lipinski definition) is 4. The van der Waals surface area contributed by atoms with Gasteiger partial charge in [-0.1, -0.05) is 18.2 Å². The molecule has 2 aromatic carbocycles. The molecule has 0 spiro atoms. The molecule has 2 N–H and O–H groups in total. The van der Waals surface area contributed by atoms with E-state index in [4.69, 9.17) is 0 Å². The number of carbonyl (C=O) groups is 1. The fourth-order valence-corrected chi connectivity index (χ4v) is 3.16. The van der Waals surface area contributed by atoms with Crippen molar-refractivity contribution in [3.05, 3.63) is 92.5 Å². The molecule has 3 rings (SSSR count). The Morgan fingerprint density at radius 1 is 1.07 bits per heavy atom. The molecule has 0 saturated carbocycles. The molecule has 7 nitrogen and oxygen atoms in total. The molecule has 3 aromatic rings. The molecule has 0 fully saturated rings. The zero-order valence-electron chi connectivity index (χ0n) is 16.8. The minimum absolute atomic E-state index is 0.176. The molecule has 0 aliphatic heterocycles. The van der Waals surface area contributed by atoms with Crippen molar-refractivity contribution < 1.29 is 9.18 Å². The summed E-state index contributed by atoms with van der Waals surface area (Å²) in [7, 11) is 0. The highest BCUT2D eigenvalue weighted by Crippen LogP contribution is 2.18. The molecule has 30 heavy (non-hydrogen) atoms. The van der Waals surface area contributed by atoms with Crippen LogP contribution in [0, 0.1) is 5.82 Å². The number of benzene rings is 2. The Bertz CT molecular complexity index is 1150. The number of rotatable bonds is 7. The number of aromatic nitrogens is 2. The van der Waals surface area contributed by atoms with Crippen LogP contribution in [0.1, 0.15) is 29.8 Å². The summed E-state index contributed by atoms with van der Waals surface area (Å²) >= 11 is 0. The number of carbonyl (C=O) groups excluding carboxylic acids is 1. The summed E-state index contributed by atoms with van der Waals surface area (Å²) in [4.78, 5) is 42.0. The van der Waals surface area contributed by atoms with Gasteiger partial charge >= 0.3 is 5.69 Å². The largest absolute Gasteiger partial charge is 0.372 e. The monoisotopic (exact) mass is 410 g/mol. The molecule has 0 bridgehead atoms. The SMILES string of the molecule is CCN(CC)c1ccc(NC(=O)c2c[nH]c(=O)n(Cc3ccccc3F)c2=O)cc1. The Kier molecular flexibility index (Phi) is 6.46. The van der Waals surface area contributed by atoms with Gasteiger partial charge in [0.2, 0.25) is 0 Å². The third-order valence-corrected chi connectivity index (χ3v) is 4.85. The molecular weight excluding hydrogens is 387 g/mol. The van der Waals surface area contributed by atoms with Gasteiger partial charge in [-0.05, 0) is 44.2 Å². The molecule has 0 radical (unpaired) electrons. The number of anilines is 2. The maximum Gasteiger partial charge on any atom is 0.328 e. The zero-order valence-corrected chi connectivity index (χ0v) is 16.8. The van der Waals surface area contributed by atoms with Crippen LogP contribution >= 0.6 is 0 Å². The Labute approximate surface area is 172 Å². The van der Waals surface area contributed by atoms with Crippen molar-refractivity contribution >= 4 is 17.3 Å². The third-order valence-electron chi connectivity index (χ3n) is 4.85. The summed E-state index contributed by atoms with van der Waals surface area (Å²) in [6, 6.07) is 13.1. The van der Waals surface area contributed by atoms with Crippen LogP contribution in [0.2, 0.25) is 0 Å². The Morgan fingerprint density at radius 3 is 2.37 bits per heavy atom. The fourth-order valence-electron chi connectivity index (χ4n) is 3.16. The predicted molar refractivity (Wildman–Crippen MR) is 115 cm³/mol. The van der Waals surface area contributed by atoms with Gasteiger partial charge < -0.3 is 15.2 Å². The molecule has 1 aromatic heterocycles. The van der Waals surface area contributed by atoms with Crippen molar-refractivity contribution in [1.29, 1.82) is 0 Å². The quantitative estimate of drug-likeness (QED) is 0.627. The van der Waals surface area contributed by atoms with Gasteiger partial charge in [-0.3, -0.25) is 14.2 Å². The third kappa shape index (κ3) is 4.48. The molecule has 0 aliphatic rings. The number of aromatic amines is 1. The fraction of sp³-hybridized carbons (Fsp3) is 0.227. The molecule has 0 saturated heterocycles. The van der Waals surface area contributed by atoms with E-state index in [0.717, 1.165) is 29.5 Å². The average molecular weight is 410 g/mol. The van der Waals surface area contributed by atoms with E-state index < -0.39 is 23.0 Å². The second-order valence-electron chi connectivity index (χ2n) is 6.66. The van der Waals surface area contributed by atoms with Crippen molar-refractivity contribution in [2.75, 3.05) is 23.3 Å². The number of amides is 1. The first kappa shape index (κ1) is 21.0. The van der Waals surface area contributed by atoms with E-state index in [1.807, 2.05) is 12.1 Å². The lowest BCUT2D eigenvalue weighted by atomic mass is 10.2. The van der Waals surface area contributed by atoms with Crippen molar-refractivity contribution in [3.8, 4) is 0 Å². The van der Waals surface area contributed by atoms with Crippen molar-refractivity contribution in [2.45, 2.75) is 20.4 Å². The standard InChI is InChI=1S/C22H23FN4O3/c1-3-26(4-2)17-11-9-16(10-12-17)25-20(28)18-13-24-22(30)27(21(18)29)14-15-7-5-6-8-19(15)23/h5-13H,3-4,14H2,1-2H3,(H,24,30)(H,25,28). The summed E-state index contributed by atoms with van der Waals surface area (Å²) in [5.74, 6) is -1.19. The molecule has 1 heterocycles. The van der Waals surface area contributed by atoms with Crippen LogP contribution in [0.15, 0.2) is 64.3 Å². The number of halogens is 1. The highest BCUT2D eigenvalue weighted by Gasteiger charge is 2.16. The average Bonchev–Trinajstić information content (AvgIpc) is 2.74. The predicted octanol–water partition coefficient (Wildman–Crippen LogP) is 2.82. The minimum Gasteiger partial charge on any atom is -0.372 e. The molecular formula is C22H23FN4O3. The summed E-state index contributed by atoms with van der Waals surface area (Å²) < 4.78 is 14.7. The van der Waals surface area contributed by atoms with Crippen LogP contribution in [0.3, 0.4) is 0 Å². The molecule has 0 aliphatic carbocycles. The van der Waals surface area contributed by atoms with E-state index in [1.165, 1.54) is 18.2 Å². The molecule has 8 heteroatoms. The summed E-state index contributed by atoms with van der Waals surface area (Å²) in [6.07, 6.45) is 1.07. The van der Waals surface area contributed by atoms with Gasteiger partial charge in [0.25, 0.3) is 11.5 Å². The number of nitrogens with one attached hydrogen (secondary N) is 2. The topological polar surface area (TPSA) is 87.2 Å².